The van der Waals surface area contributed by atoms with E-state index >= 15 is 0 Å². The quantitative estimate of drug-likeness (QED) is 0.888. The second-order valence-corrected chi connectivity index (χ2v) is 6.28. The third kappa shape index (κ3) is 3.62. The van der Waals surface area contributed by atoms with Gasteiger partial charge in [0.25, 0.3) is 0 Å². The minimum atomic E-state index is -0.238. The fraction of sp³-hybridized carbons (Fsp3) is 0.316. The second kappa shape index (κ2) is 6.83. The highest BCUT2D eigenvalue weighted by molar-refractivity contribution is 6.00. The van der Waals surface area contributed by atoms with E-state index in [-0.39, 0.29) is 23.7 Å². The van der Waals surface area contributed by atoms with E-state index in [0.717, 1.165) is 22.4 Å². The first-order valence-electron chi connectivity index (χ1n) is 8.10. The number of rotatable bonds is 5. The van der Waals surface area contributed by atoms with Crippen molar-refractivity contribution in [3.05, 3.63) is 59.4 Å². The number of aromatic nitrogens is 1. The van der Waals surface area contributed by atoms with Gasteiger partial charge in [0.15, 0.2) is 0 Å². The number of hydrogen-bond acceptors (Lipinski definition) is 3. The molecule has 5 heteroatoms. The van der Waals surface area contributed by atoms with Crippen LogP contribution in [0.1, 0.15) is 23.1 Å². The van der Waals surface area contributed by atoms with Crippen LogP contribution in [0.5, 0.6) is 0 Å². The van der Waals surface area contributed by atoms with Crippen molar-refractivity contribution >= 4 is 17.5 Å². The number of amides is 2. The van der Waals surface area contributed by atoms with Gasteiger partial charge in [-0.15, -0.1) is 0 Å². The molecular weight excluding hydrogens is 302 g/mol. The molecule has 1 fully saturated rings. The van der Waals surface area contributed by atoms with Gasteiger partial charge in [-0.1, -0.05) is 24.3 Å². The van der Waals surface area contributed by atoms with E-state index in [2.05, 4.69) is 15.6 Å². The molecule has 0 bridgehead atoms. The van der Waals surface area contributed by atoms with Crippen molar-refractivity contribution < 1.29 is 9.59 Å². The molecule has 0 spiro atoms. The van der Waals surface area contributed by atoms with Crippen molar-refractivity contribution in [3.8, 4) is 0 Å². The van der Waals surface area contributed by atoms with Gasteiger partial charge in [0.2, 0.25) is 11.8 Å². The number of hydrogen-bond donors (Lipinski definition) is 2. The Morgan fingerprint density at radius 1 is 1.08 bits per heavy atom. The fourth-order valence-corrected chi connectivity index (χ4v) is 2.83. The molecule has 5 nitrogen and oxygen atoms in total. The van der Waals surface area contributed by atoms with E-state index in [4.69, 9.17) is 0 Å². The molecule has 0 aliphatic heterocycles. The summed E-state index contributed by atoms with van der Waals surface area (Å²) in [5.41, 5.74) is 3.86. The molecule has 2 amide bonds. The summed E-state index contributed by atoms with van der Waals surface area (Å²) in [4.78, 5) is 28.5. The Balaban J connectivity index is 1.53. The van der Waals surface area contributed by atoms with Gasteiger partial charge in [0.1, 0.15) is 0 Å². The fourth-order valence-electron chi connectivity index (χ4n) is 2.83. The number of carbonyl (C=O) groups excluding carboxylic acids is 2. The zero-order chi connectivity index (χ0) is 17.1. The lowest BCUT2D eigenvalue weighted by atomic mass is 10.1. The van der Waals surface area contributed by atoms with E-state index < -0.39 is 0 Å². The smallest absolute Gasteiger partial charge is 0.228 e. The highest BCUT2D eigenvalue weighted by Crippen LogP contribution is 2.40. The molecule has 1 saturated carbocycles. The third-order valence-electron chi connectivity index (χ3n) is 4.38. The Morgan fingerprint density at radius 2 is 1.79 bits per heavy atom. The summed E-state index contributed by atoms with van der Waals surface area (Å²) in [5.74, 6) is -0.613. The van der Waals surface area contributed by atoms with Crippen LogP contribution in [0.25, 0.3) is 0 Å². The maximum absolute atomic E-state index is 12.4. The number of nitrogens with zero attached hydrogens (tertiary/aromatic N) is 1. The summed E-state index contributed by atoms with van der Waals surface area (Å²) in [6.07, 6.45) is 4.02. The van der Waals surface area contributed by atoms with E-state index in [1.54, 1.807) is 12.4 Å². The first kappa shape index (κ1) is 16.2. The minimum absolute atomic E-state index is 0.0690. The first-order chi connectivity index (χ1) is 11.6. The summed E-state index contributed by atoms with van der Waals surface area (Å²) in [7, 11) is 0. The molecule has 1 aromatic carbocycles. The molecule has 2 atom stereocenters. The molecule has 2 aromatic rings. The van der Waals surface area contributed by atoms with Gasteiger partial charge >= 0.3 is 0 Å². The number of carbonyl (C=O) groups is 2. The van der Waals surface area contributed by atoms with Crippen LogP contribution in [0.2, 0.25) is 0 Å². The van der Waals surface area contributed by atoms with Crippen LogP contribution in [-0.4, -0.2) is 16.8 Å². The van der Waals surface area contributed by atoms with Gasteiger partial charge in [-0.3, -0.25) is 14.6 Å². The Hall–Kier alpha value is -2.69. The Kier molecular flexibility index (Phi) is 4.60. The Labute approximate surface area is 141 Å². The molecule has 2 N–H and O–H groups in total. The number of pyridine rings is 1. The standard InChI is InChI=1S/C19H21N3O2/c1-12-5-3-6-13(2)17(12)22-19(24)16-9-15(16)18(23)21-11-14-7-4-8-20-10-14/h3-8,10,15-16H,9,11H2,1-2H3,(H,21,23)(H,22,24). The maximum atomic E-state index is 12.4. The zero-order valence-electron chi connectivity index (χ0n) is 13.9. The van der Waals surface area contributed by atoms with Crippen molar-refractivity contribution in [2.75, 3.05) is 5.32 Å². The van der Waals surface area contributed by atoms with Crippen molar-refractivity contribution in [1.29, 1.82) is 0 Å². The van der Waals surface area contributed by atoms with Crippen molar-refractivity contribution in [1.82, 2.24) is 10.3 Å². The van der Waals surface area contributed by atoms with Crippen LogP contribution < -0.4 is 10.6 Å². The Bertz CT molecular complexity index is 738. The molecule has 1 aliphatic carbocycles. The van der Waals surface area contributed by atoms with Crippen LogP contribution >= 0.6 is 0 Å². The minimum Gasteiger partial charge on any atom is -0.352 e. The van der Waals surface area contributed by atoms with Crippen LogP contribution in [0.4, 0.5) is 5.69 Å². The molecule has 0 radical (unpaired) electrons. The van der Waals surface area contributed by atoms with Gasteiger partial charge < -0.3 is 10.6 Å². The van der Waals surface area contributed by atoms with Crippen molar-refractivity contribution in [2.24, 2.45) is 11.8 Å². The predicted molar refractivity (Wildman–Crippen MR) is 92.2 cm³/mol. The molecule has 124 valence electrons. The summed E-state index contributed by atoms with van der Waals surface area (Å²) >= 11 is 0. The second-order valence-electron chi connectivity index (χ2n) is 6.28. The number of benzene rings is 1. The topological polar surface area (TPSA) is 71.1 Å². The van der Waals surface area contributed by atoms with Crippen molar-refractivity contribution in [2.45, 2.75) is 26.8 Å². The van der Waals surface area contributed by atoms with Gasteiger partial charge in [-0.2, -0.15) is 0 Å². The summed E-state index contributed by atoms with van der Waals surface area (Å²) in [6, 6.07) is 9.64. The van der Waals surface area contributed by atoms with Gasteiger partial charge in [-0.05, 0) is 43.0 Å². The summed E-state index contributed by atoms with van der Waals surface area (Å²) in [6.45, 7) is 4.37. The largest absolute Gasteiger partial charge is 0.352 e. The molecular formula is C19H21N3O2. The first-order valence-corrected chi connectivity index (χ1v) is 8.10. The molecule has 1 aromatic heterocycles. The van der Waals surface area contributed by atoms with Crippen LogP contribution in [0.3, 0.4) is 0 Å². The lowest BCUT2D eigenvalue weighted by Crippen LogP contribution is -2.27. The van der Waals surface area contributed by atoms with E-state index in [0.29, 0.717) is 13.0 Å². The van der Waals surface area contributed by atoms with Gasteiger partial charge in [0.05, 0.1) is 11.8 Å². The molecule has 2 unspecified atom stereocenters. The van der Waals surface area contributed by atoms with E-state index in [1.807, 2.05) is 44.2 Å². The monoisotopic (exact) mass is 323 g/mol. The van der Waals surface area contributed by atoms with Crippen LogP contribution in [-0.2, 0) is 16.1 Å². The van der Waals surface area contributed by atoms with E-state index in [1.165, 1.54) is 0 Å². The van der Waals surface area contributed by atoms with Gasteiger partial charge in [0, 0.05) is 24.6 Å². The predicted octanol–water partition coefficient (Wildman–Crippen LogP) is 2.59. The van der Waals surface area contributed by atoms with Crippen molar-refractivity contribution in [3.63, 3.8) is 0 Å². The molecule has 1 aliphatic rings. The Morgan fingerprint density at radius 3 is 2.46 bits per heavy atom. The van der Waals surface area contributed by atoms with E-state index in [9.17, 15) is 9.59 Å². The summed E-state index contributed by atoms with van der Waals surface area (Å²) < 4.78 is 0. The number of aryl methyl sites for hydroxylation is 2. The van der Waals surface area contributed by atoms with Crippen LogP contribution in [0, 0.1) is 25.7 Å². The number of para-hydroxylation sites is 1. The normalized spacial score (nSPS) is 18.8. The average molecular weight is 323 g/mol. The molecule has 1 heterocycles. The highest BCUT2D eigenvalue weighted by atomic mass is 16.2. The lowest BCUT2D eigenvalue weighted by molar-refractivity contribution is -0.125. The average Bonchev–Trinajstić information content (AvgIpc) is 3.38. The van der Waals surface area contributed by atoms with Gasteiger partial charge in [-0.25, -0.2) is 0 Å². The number of nitrogens with one attached hydrogen (secondary N) is 2. The maximum Gasteiger partial charge on any atom is 0.228 e. The summed E-state index contributed by atoms with van der Waals surface area (Å²) in [5, 5.41) is 5.84. The third-order valence-corrected chi connectivity index (χ3v) is 4.38. The molecule has 0 saturated heterocycles. The zero-order valence-corrected chi connectivity index (χ0v) is 13.9. The number of anilines is 1. The highest BCUT2D eigenvalue weighted by Gasteiger charge is 2.48. The SMILES string of the molecule is Cc1cccc(C)c1NC(=O)C1CC1C(=O)NCc1cccnc1. The molecule has 3 rings (SSSR count). The van der Waals surface area contributed by atoms with Crippen LogP contribution in [0.15, 0.2) is 42.7 Å². The molecule has 24 heavy (non-hydrogen) atoms. The lowest BCUT2D eigenvalue weighted by Gasteiger charge is -2.11.